The lowest BCUT2D eigenvalue weighted by molar-refractivity contribution is -0.126. The zero-order valence-corrected chi connectivity index (χ0v) is 19.5. The molecule has 1 aliphatic rings. The minimum Gasteiger partial charge on any atom is -0.496 e. The molecule has 1 saturated heterocycles. The molecule has 1 fully saturated rings. The van der Waals surface area contributed by atoms with E-state index in [2.05, 4.69) is 5.32 Å². The summed E-state index contributed by atoms with van der Waals surface area (Å²) in [6.07, 6.45) is 1.43. The molecule has 2 amide bonds. The van der Waals surface area contributed by atoms with Crippen LogP contribution in [0.4, 0.5) is 0 Å². The van der Waals surface area contributed by atoms with E-state index in [1.54, 1.807) is 53.4 Å². The number of methoxy groups -OCH3 is 1. The van der Waals surface area contributed by atoms with E-state index in [0.29, 0.717) is 60.1 Å². The molecule has 2 aromatic rings. The number of nitrogens with zero attached hydrogens (tertiary/aromatic N) is 1. The van der Waals surface area contributed by atoms with Crippen molar-refractivity contribution in [2.24, 2.45) is 5.92 Å². The Hall–Kier alpha value is -2.58. The maximum atomic E-state index is 12.9. The number of piperidine rings is 1. The quantitative estimate of drug-likeness (QED) is 0.588. The van der Waals surface area contributed by atoms with Gasteiger partial charge in [0.05, 0.1) is 23.3 Å². The van der Waals surface area contributed by atoms with E-state index in [-0.39, 0.29) is 23.5 Å². The van der Waals surface area contributed by atoms with Crippen molar-refractivity contribution in [1.29, 1.82) is 0 Å². The number of ether oxygens (including phenoxy) is 1. The van der Waals surface area contributed by atoms with Crippen molar-refractivity contribution < 1.29 is 22.7 Å². The molecule has 172 valence electrons. The Kier molecular flexibility index (Phi) is 8.15. The molecule has 7 nitrogen and oxygen atoms in total. The van der Waals surface area contributed by atoms with E-state index in [0.717, 1.165) is 0 Å². The van der Waals surface area contributed by atoms with E-state index in [4.69, 9.17) is 16.3 Å². The number of nitrogens with one attached hydrogen (secondary N) is 1. The van der Waals surface area contributed by atoms with Gasteiger partial charge >= 0.3 is 0 Å². The van der Waals surface area contributed by atoms with Crippen LogP contribution in [0.15, 0.2) is 53.4 Å². The fourth-order valence-corrected chi connectivity index (χ4v) is 5.23. The summed E-state index contributed by atoms with van der Waals surface area (Å²) in [5, 5.41) is 3.29. The van der Waals surface area contributed by atoms with Gasteiger partial charge in [0.25, 0.3) is 5.91 Å². The van der Waals surface area contributed by atoms with Crippen LogP contribution in [-0.4, -0.2) is 57.6 Å². The lowest BCUT2D eigenvalue weighted by Gasteiger charge is -2.31. The summed E-state index contributed by atoms with van der Waals surface area (Å²) >= 11 is 6.03. The van der Waals surface area contributed by atoms with Crippen LogP contribution in [0, 0.1) is 5.92 Å². The highest BCUT2D eigenvalue weighted by molar-refractivity contribution is 7.91. The van der Waals surface area contributed by atoms with Gasteiger partial charge in [-0.15, -0.1) is 0 Å². The first-order chi connectivity index (χ1) is 15.3. The largest absolute Gasteiger partial charge is 0.496 e. The van der Waals surface area contributed by atoms with Crippen LogP contribution in [-0.2, 0) is 14.6 Å². The van der Waals surface area contributed by atoms with Gasteiger partial charge in [-0.3, -0.25) is 9.59 Å². The van der Waals surface area contributed by atoms with Gasteiger partial charge in [-0.25, -0.2) is 8.42 Å². The molecule has 0 atom stereocenters. The number of carbonyl (C=O) groups is 2. The highest BCUT2D eigenvalue weighted by atomic mass is 35.5. The number of benzene rings is 2. The molecule has 1 heterocycles. The van der Waals surface area contributed by atoms with Crippen molar-refractivity contribution in [1.82, 2.24) is 10.2 Å². The van der Waals surface area contributed by atoms with Crippen molar-refractivity contribution in [3.8, 4) is 5.75 Å². The van der Waals surface area contributed by atoms with Crippen LogP contribution >= 0.6 is 11.6 Å². The number of hydrogen-bond donors (Lipinski definition) is 1. The van der Waals surface area contributed by atoms with Crippen molar-refractivity contribution in [3.63, 3.8) is 0 Å². The number of rotatable bonds is 8. The number of hydrogen-bond acceptors (Lipinski definition) is 5. The Bertz CT molecular complexity index is 1050. The summed E-state index contributed by atoms with van der Waals surface area (Å²) in [6, 6.07) is 13.2. The summed E-state index contributed by atoms with van der Waals surface area (Å²) in [7, 11) is -1.85. The standard InChI is InChI=1S/C23H27ClN2O5S/c1-31-21-9-8-18(24)16-20(21)23(28)26-13-10-17(11-14-26)22(27)25-12-5-15-32(29,30)19-6-3-2-4-7-19/h2-4,6-9,16-17H,5,10-15H2,1H3,(H,25,27). The molecule has 0 bridgehead atoms. The van der Waals surface area contributed by atoms with Gasteiger partial charge < -0.3 is 15.0 Å². The molecule has 0 radical (unpaired) electrons. The summed E-state index contributed by atoms with van der Waals surface area (Å²) in [6.45, 7) is 1.20. The predicted octanol–water partition coefficient (Wildman–Crippen LogP) is 3.18. The summed E-state index contributed by atoms with van der Waals surface area (Å²) < 4.78 is 29.9. The topological polar surface area (TPSA) is 92.8 Å². The third-order valence-electron chi connectivity index (χ3n) is 5.54. The summed E-state index contributed by atoms with van der Waals surface area (Å²) in [5.41, 5.74) is 0.405. The maximum absolute atomic E-state index is 12.9. The number of amides is 2. The Morgan fingerprint density at radius 1 is 1.12 bits per heavy atom. The number of sulfone groups is 1. The SMILES string of the molecule is COc1ccc(Cl)cc1C(=O)N1CCC(C(=O)NCCCS(=O)(=O)c2ccccc2)CC1. The molecule has 32 heavy (non-hydrogen) atoms. The molecule has 1 aliphatic heterocycles. The minimum absolute atomic E-state index is 0.0221. The van der Waals surface area contributed by atoms with Gasteiger partial charge in [0.2, 0.25) is 5.91 Å². The van der Waals surface area contributed by atoms with E-state index in [1.807, 2.05) is 0 Å². The predicted molar refractivity (Wildman–Crippen MR) is 123 cm³/mol. The molecule has 0 unspecified atom stereocenters. The third-order valence-corrected chi connectivity index (χ3v) is 7.59. The van der Waals surface area contributed by atoms with Crippen LogP contribution in [0.2, 0.25) is 5.02 Å². The zero-order valence-electron chi connectivity index (χ0n) is 17.9. The van der Waals surface area contributed by atoms with Crippen molar-refractivity contribution in [2.75, 3.05) is 32.5 Å². The highest BCUT2D eigenvalue weighted by Gasteiger charge is 2.29. The summed E-state index contributed by atoms with van der Waals surface area (Å²) in [4.78, 5) is 27.3. The molecule has 0 spiro atoms. The van der Waals surface area contributed by atoms with E-state index >= 15 is 0 Å². The Labute approximate surface area is 193 Å². The van der Waals surface area contributed by atoms with Gasteiger partial charge in [0, 0.05) is 30.6 Å². The molecular formula is C23H27ClN2O5S. The van der Waals surface area contributed by atoms with E-state index in [1.165, 1.54) is 7.11 Å². The van der Waals surface area contributed by atoms with Crippen molar-refractivity contribution in [2.45, 2.75) is 24.2 Å². The fourth-order valence-electron chi connectivity index (χ4n) is 3.73. The Morgan fingerprint density at radius 2 is 1.81 bits per heavy atom. The molecular weight excluding hydrogens is 452 g/mol. The number of likely N-dealkylation sites (tertiary alicyclic amines) is 1. The first kappa shape index (κ1) is 24.1. The smallest absolute Gasteiger partial charge is 0.257 e. The third kappa shape index (κ3) is 6.01. The number of carbonyl (C=O) groups excluding carboxylic acids is 2. The van der Waals surface area contributed by atoms with Crippen LogP contribution in [0.1, 0.15) is 29.6 Å². The number of halogens is 1. The van der Waals surface area contributed by atoms with Gasteiger partial charge in [-0.2, -0.15) is 0 Å². The highest BCUT2D eigenvalue weighted by Crippen LogP contribution is 2.26. The summed E-state index contributed by atoms with van der Waals surface area (Å²) in [5.74, 6) is -0.0363. The average Bonchev–Trinajstić information content (AvgIpc) is 2.82. The van der Waals surface area contributed by atoms with Crippen molar-refractivity contribution >= 4 is 33.3 Å². The van der Waals surface area contributed by atoms with Crippen LogP contribution < -0.4 is 10.1 Å². The molecule has 0 aromatic heterocycles. The van der Waals surface area contributed by atoms with Gasteiger partial charge in [0.15, 0.2) is 9.84 Å². The molecule has 0 saturated carbocycles. The monoisotopic (exact) mass is 478 g/mol. The van der Waals surface area contributed by atoms with Crippen LogP contribution in [0.3, 0.4) is 0 Å². The fraction of sp³-hybridized carbons (Fsp3) is 0.391. The average molecular weight is 479 g/mol. The first-order valence-electron chi connectivity index (χ1n) is 10.5. The molecule has 3 rings (SSSR count). The van der Waals surface area contributed by atoms with E-state index in [9.17, 15) is 18.0 Å². The molecule has 9 heteroatoms. The normalized spacial score (nSPS) is 14.8. The zero-order chi connectivity index (χ0) is 23.1. The first-order valence-corrected chi connectivity index (χ1v) is 12.5. The van der Waals surface area contributed by atoms with Gasteiger partial charge in [-0.05, 0) is 49.6 Å². The molecule has 0 aliphatic carbocycles. The second-order valence-electron chi connectivity index (χ2n) is 7.69. The Morgan fingerprint density at radius 3 is 2.47 bits per heavy atom. The molecule has 1 N–H and O–H groups in total. The lowest BCUT2D eigenvalue weighted by Crippen LogP contribution is -2.43. The maximum Gasteiger partial charge on any atom is 0.257 e. The second kappa shape index (κ2) is 10.8. The van der Waals surface area contributed by atoms with E-state index < -0.39 is 9.84 Å². The lowest BCUT2D eigenvalue weighted by atomic mass is 9.95. The Balaban J connectivity index is 1.45. The van der Waals surface area contributed by atoms with Crippen LogP contribution in [0.25, 0.3) is 0 Å². The van der Waals surface area contributed by atoms with Gasteiger partial charge in [0.1, 0.15) is 5.75 Å². The van der Waals surface area contributed by atoms with Gasteiger partial charge in [-0.1, -0.05) is 29.8 Å². The van der Waals surface area contributed by atoms with Crippen molar-refractivity contribution in [3.05, 3.63) is 59.1 Å². The molecule has 2 aromatic carbocycles. The second-order valence-corrected chi connectivity index (χ2v) is 10.2. The minimum atomic E-state index is -3.35. The van der Waals surface area contributed by atoms with Crippen LogP contribution in [0.5, 0.6) is 5.75 Å².